The fourth-order valence-corrected chi connectivity index (χ4v) is 14.1. The molecule has 8 heteroatoms. The number of nitrogens with zero attached hydrogens (tertiary/aromatic N) is 3. The Morgan fingerprint density at radius 3 is 1.96 bits per heavy atom. The van der Waals surface area contributed by atoms with Crippen molar-refractivity contribution in [2.45, 2.75) is 38.5 Å². The molecule has 1 aromatic heterocycles. The minimum atomic E-state index is -2.23. The molecule has 0 saturated carbocycles. The van der Waals surface area contributed by atoms with Crippen molar-refractivity contribution >= 4 is 64.4 Å². The van der Waals surface area contributed by atoms with Crippen LogP contribution in [0.25, 0.3) is 17.0 Å². The zero-order chi connectivity index (χ0) is 35.5. The molecule has 4 heterocycles. The summed E-state index contributed by atoms with van der Waals surface area (Å²) in [6.45, 7) is 6.09. The molecule has 0 unspecified atom stereocenters. The van der Waals surface area contributed by atoms with Gasteiger partial charge in [-0.05, 0) is 43.4 Å². The summed E-state index contributed by atoms with van der Waals surface area (Å²) in [7, 11) is -2.23. The van der Waals surface area contributed by atoms with E-state index in [-0.39, 0.29) is 10.8 Å². The number of piperazine rings is 1. The Hall–Kier alpha value is -4.16. The van der Waals surface area contributed by atoms with E-state index in [4.69, 9.17) is 4.42 Å². The number of benzene rings is 4. The molecule has 0 spiro atoms. The van der Waals surface area contributed by atoms with Gasteiger partial charge in [-0.25, -0.2) is 4.79 Å². The molecule has 8 rings (SSSR count). The van der Waals surface area contributed by atoms with Crippen LogP contribution in [0.15, 0.2) is 117 Å². The Kier molecular flexibility index (Phi) is 10.4. The molecule has 1 saturated heterocycles. The number of aryl methyl sites for hydroxylation is 2. The molecule has 0 radical (unpaired) electrons. The molecule has 1 amide bonds. The molecule has 1 fully saturated rings. The summed E-state index contributed by atoms with van der Waals surface area (Å²) in [5, 5.41) is 5.30. The van der Waals surface area contributed by atoms with E-state index in [1.54, 1.807) is 6.08 Å². The molecule has 268 valence electrons. The number of carbonyl (C=O) groups excluding carboxylic acids is 1. The molecular weight excluding hydrogens is 682 g/mol. The number of hydrogen-bond acceptors (Lipinski definition) is 6. The number of carbonyl (C=O) groups is 1. The van der Waals surface area contributed by atoms with Crippen LogP contribution in [-0.4, -0.2) is 67.7 Å². The minimum absolute atomic E-state index is 0.136. The molecule has 0 aliphatic carbocycles. The number of fused-ring (bicyclic) bond motifs is 2. The predicted molar refractivity (Wildman–Crippen MR) is 222 cm³/mol. The first-order valence-corrected chi connectivity index (χ1v) is 21.6. The van der Waals surface area contributed by atoms with E-state index in [1.807, 2.05) is 11.0 Å². The Morgan fingerprint density at radius 2 is 1.35 bits per heavy atom. The first-order chi connectivity index (χ1) is 25.5. The molecule has 3 aliphatic heterocycles. The van der Waals surface area contributed by atoms with Crippen LogP contribution in [0, 0.1) is 0 Å². The molecule has 4 aromatic carbocycles. The Morgan fingerprint density at radius 1 is 0.750 bits per heavy atom. The zero-order valence-electron chi connectivity index (χ0n) is 29.8. The average molecular weight is 730 g/mol. The van der Waals surface area contributed by atoms with E-state index in [2.05, 4.69) is 119 Å². The van der Waals surface area contributed by atoms with Crippen molar-refractivity contribution in [1.82, 2.24) is 9.80 Å². The molecular formula is C44H48N3O3PS. The van der Waals surface area contributed by atoms with Gasteiger partial charge in [-0.1, -0.05) is 0 Å². The SMILES string of the molecule is O=C(/C(S)=C/c1cc2cc3c4c(c2oc1=O)CCCN4CCC3)N1CCN(CCCC[PH](c2ccccc2)(c2ccccc2)c2ccccc2)CC1. The van der Waals surface area contributed by atoms with Gasteiger partial charge in [-0.3, -0.25) is 0 Å². The van der Waals surface area contributed by atoms with E-state index in [1.165, 1.54) is 27.2 Å². The average Bonchev–Trinajstić information content (AvgIpc) is 3.20. The van der Waals surface area contributed by atoms with Crippen molar-refractivity contribution in [3.8, 4) is 0 Å². The van der Waals surface area contributed by atoms with Crippen molar-refractivity contribution < 1.29 is 9.21 Å². The van der Waals surface area contributed by atoms with Gasteiger partial charge in [0.05, 0.1) is 0 Å². The van der Waals surface area contributed by atoms with Gasteiger partial charge in [0.15, 0.2) is 0 Å². The summed E-state index contributed by atoms with van der Waals surface area (Å²) in [6.07, 6.45) is 9.15. The van der Waals surface area contributed by atoms with E-state index < -0.39 is 12.9 Å². The van der Waals surface area contributed by atoms with Crippen molar-refractivity contribution in [2.75, 3.05) is 56.9 Å². The maximum atomic E-state index is 13.5. The monoisotopic (exact) mass is 729 g/mol. The van der Waals surface area contributed by atoms with Crippen LogP contribution in [0.5, 0.6) is 0 Å². The number of anilines is 1. The third-order valence-corrected chi connectivity index (χ3v) is 16.9. The van der Waals surface area contributed by atoms with Crippen molar-refractivity contribution in [2.24, 2.45) is 0 Å². The van der Waals surface area contributed by atoms with Gasteiger partial charge in [-0.2, -0.15) is 0 Å². The van der Waals surface area contributed by atoms with Crippen molar-refractivity contribution in [3.05, 3.63) is 135 Å². The summed E-state index contributed by atoms with van der Waals surface area (Å²) in [5.41, 5.74) is 4.44. The summed E-state index contributed by atoms with van der Waals surface area (Å²) >= 11 is 4.61. The molecule has 0 bridgehead atoms. The van der Waals surface area contributed by atoms with Crippen molar-refractivity contribution in [3.63, 3.8) is 0 Å². The Bertz CT molecular complexity index is 2030. The fourth-order valence-electron chi connectivity index (χ4n) is 8.93. The van der Waals surface area contributed by atoms with E-state index in [9.17, 15) is 9.59 Å². The van der Waals surface area contributed by atoms with Crippen LogP contribution < -0.4 is 26.4 Å². The first kappa shape index (κ1) is 34.9. The van der Waals surface area contributed by atoms with Crippen LogP contribution in [-0.2, 0) is 17.6 Å². The van der Waals surface area contributed by atoms with E-state index in [0.717, 1.165) is 88.4 Å². The van der Waals surface area contributed by atoms with Crippen LogP contribution in [0.1, 0.15) is 42.4 Å². The third kappa shape index (κ3) is 6.87. The standard InChI is InChI=1S/C44H48N3O3PS/c48-43(40(52)32-35-31-34-30-33-14-12-23-46-24-13-21-39(41(33)46)42(34)50-44(35)49)47-27-25-45(26-28-47)22-10-11-29-51(36-15-4-1-5-16-36,37-17-6-2-7-18-37)38-19-8-3-9-20-38/h1-9,15-20,30-32,51-52H,10-14,21-29H2/b40-32-. The Labute approximate surface area is 312 Å². The van der Waals surface area contributed by atoms with Crippen LogP contribution in [0.2, 0.25) is 0 Å². The molecule has 6 nitrogen and oxygen atoms in total. The molecule has 3 aliphatic rings. The predicted octanol–water partition coefficient (Wildman–Crippen LogP) is 6.41. The summed E-state index contributed by atoms with van der Waals surface area (Å²) in [5.74, 6) is -0.136. The first-order valence-electron chi connectivity index (χ1n) is 19.0. The van der Waals surface area contributed by atoms with Gasteiger partial charge in [0, 0.05) is 29.7 Å². The van der Waals surface area contributed by atoms with E-state index in [0.29, 0.717) is 24.2 Å². The van der Waals surface area contributed by atoms with Crippen LogP contribution in [0.3, 0.4) is 0 Å². The summed E-state index contributed by atoms with van der Waals surface area (Å²) in [6, 6.07) is 37.5. The quantitative estimate of drug-likeness (QED) is 0.0593. The molecule has 5 aromatic rings. The number of rotatable bonds is 10. The number of thiol groups is 1. The second-order valence-electron chi connectivity index (χ2n) is 14.6. The number of hydrogen-bond donors (Lipinski definition) is 1. The van der Waals surface area contributed by atoms with E-state index >= 15 is 0 Å². The summed E-state index contributed by atoms with van der Waals surface area (Å²) < 4.78 is 5.96. The van der Waals surface area contributed by atoms with Gasteiger partial charge in [0.1, 0.15) is 5.58 Å². The third-order valence-electron chi connectivity index (χ3n) is 11.5. The molecule has 52 heavy (non-hydrogen) atoms. The topological polar surface area (TPSA) is 57.0 Å². The van der Waals surface area contributed by atoms with Gasteiger partial charge in [0.2, 0.25) is 0 Å². The second-order valence-corrected chi connectivity index (χ2v) is 19.1. The van der Waals surface area contributed by atoms with Gasteiger partial charge >= 0.3 is 221 Å². The fraction of sp³-hybridized carbons (Fsp3) is 0.318. The summed E-state index contributed by atoms with van der Waals surface area (Å²) in [4.78, 5) is 33.8. The number of unbranched alkanes of at least 4 members (excludes halogenated alkanes) is 1. The molecule has 0 atom stereocenters. The van der Waals surface area contributed by atoms with Gasteiger partial charge < -0.3 is 9.32 Å². The maximum absolute atomic E-state index is 13.5. The van der Waals surface area contributed by atoms with Crippen molar-refractivity contribution in [1.29, 1.82) is 0 Å². The van der Waals surface area contributed by atoms with Crippen LogP contribution >= 0.6 is 19.9 Å². The molecule has 0 N–H and O–H groups in total. The zero-order valence-corrected chi connectivity index (χ0v) is 31.7. The Balaban J connectivity index is 0.909. The number of amides is 1. The second kappa shape index (κ2) is 15.4. The van der Waals surface area contributed by atoms with Crippen LogP contribution in [0.4, 0.5) is 5.69 Å². The normalized spacial score (nSPS) is 16.9. The van der Waals surface area contributed by atoms with Gasteiger partial charge in [0.25, 0.3) is 0 Å². The van der Waals surface area contributed by atoms with Gasteiger partial charge in [-0.15, -0.1) is 0 Å².